The topological polar surface area (TPSA) is 70.6 Å². The minimum atomic E-state index is -0.433. The summed E-state index contributed by atoms with van der Waals surface area (Å²) in [5, 5.41) is 15.4. The van der Waals surface area contributed by atoms with E-state index in [4.69, 9.17) is 4.74 Å². The van der Waals surface area contributed by atoms with Crippen molar-refractivity contribution in [2.45, 2.75) is 31.5 Å². The van der Waals surface area contributed by atoms with Gasteiger partial charge in [-0.2, -0.15) is 0 Å². The van der Waals surface area contributed by atoms with Crippen LogP contribution in [0.2, 0.25) is 0 Å². The molecule has 1 aromatic carbocycles. The number of para-hydroxylation sites is 1. The highest BCUT2D eigenvalue weighted by Gasteiger charge is 2.29. The number of aliphatic hydroxyl groups excluding tert-OH is 1. The Labute approximate surface area is 113 Å². The van der Waals surface area contributed by atoms with Crippen molar-refractivity contribution < 1.29 is 14.6 Å². The Morgan fingerprint density at radius 3 is 2.89 bits per heavy atom. The van der Waals surface area contributed by atoms with Gasteiger partial charge in [-0.15, -0.1) is 0 Å². The second-order valence-electron chi connectivity index (χ2n) is 4.82. The average molecular weight is 264 g/mol. The number of hydrogen-bond acceptors (Lipinski definition) is 4. The largest absolute Gasteiger partial charge is 0.496 e. The highest BCUT2D eigenvalue weighted by atomic mass is 16.5. The summed E-state index contributed by atoms with van der Waals surface area (Å²) in [5.41, 5.74) is 0.942. The lowest BCUT2D eigenvalue weighted by molar-refractivity contribution is -0.123. The minimum Gasteiger partial charge on any atom is -0.496 e. The first-order valence-corrected chi connectivity index (χ1v) is 6.46. The van der Waals surface area contributed by atoms with Gasteiger partial charge < -0.3 is 20.5 Å². The van der Waals surface area contributed by atoms with Gasteiger partial charge >= 0.3 is 0 Å². The van der Waals surface area contributed by atoms with E-state index in [1.165, 1.54) is 0 Å². The maximum Gasteiger partial charge on any atom is 0.237 e. The van der Waals surface area contributed by atoms with Crippen molar-refractivity contribution >= 4 is 5.91 Å². The van der Waals surface area contributed by atoms with E-state index >= 15 is 0 Å². The van der Waals surface area contributed by atoms with Gasteiger partial charge in [-0.05, 0) is 19.4 Å². The number of benzene rings is 1. The van der Waals surface area contributed by atoms with Gasteiger partial charge in [0.05, 0.1) is 25.3 Å². The van der Waals surface area contributed by atoms with Crippen LogP contribution in [0.25, 0.3) is 0 Å². The molecule has 1 aliphatic rings. The molecule has 0 aliphatic carbocycles. The van der Waals surface area contributed by atoms with Gasteiger partial charge in [-0.3, -0.25) is 4.79 Å². The summed E-state index contributed by atoms with van der Waals surface area (Å²) in [6, 6.07) is 7.16. The lowest BCUT2D eigenvalue weighted by atomic mass is 10.1. The van der Waals surface area contributed by atoms with Crippen LogP contribution >= 0.6 is 0 Å². The van der Waals surface area contributed by atoms with E-state index in [0.717, 1.165) is 11.3 Å². The quantitative estimate of drug-likeness (QED) is 0.744. The van der Waals surface area contributed by atoms with Crippen LogP contribution in [0.1, 0.15) is 24.9 Å². The molecule has 0 saturated carbocycles. The number of rotatable bonds is 4. The first-order chi connectivity index (χ1) is 9.11. The standard InChI is InChI=1S/C14H20N2O3/c1-9(11-5-3-4-6-13(11)19-2)16-14(18)12-7-10(17)8-15-12/h3-6,9-10,12,15,17H,7-8H2,1-2H3,(H,16,18)/t9-,10?,12?/m1/s1. The summed E-state index contributed by atoms with van der Waals surface area (Å²) in [5.74, 6) is 0.671. The number of aliphatic hydroxyl groups is 1. The summed E-state index contributed by atoms with van der Waals surface area (Å²) in [4.78, 5) is 12.0. The van der Waals surface area contributed by atoms with Crippen molar-refractivity contribution in [2.24, 2.45) is 0 Å². The second kappa shape index (κ2) is 6.04. The molecule has 3 atom stereocenters. The van der Waals surface area contributed by atoms with Gasteiger partial charge in [0, 0.05) is 12.1 Å². The molecule has 2 rings (SSSR count). The molecular weight excluding hydrogens is 244 g/mol. The van der Waals surface area contributed by atoms with Crippen molar-refractivity contribution in [2.75, 3.05) is 13.7 Å². The first kappa shape index (κ1) is 13.8. The monoisotopic (exact) mass is 264 g/mol. The first-order valence-electron chi connectivity index (χ1n) is 6.46. The van der Waals surface area contributed by atoms with Gasteiger partial charge in [0.2, 0.25) is 5.91 Å². The third-order valence-corrected chi connectivity index (χ3v) is 3.39. The summed E-state index contributed by atoms with van der Waals surface area (Å²) in [6.45, 7) is 2.39. The van der Waals surface area contributed by atoms with Crippen molar-refractivity contribution in [1.82, 2.24) is 10.6 Å². The number of nitrogens with one attached hydrogen (secondary N) is 2. The highest BCUT2D eigenvalue weighted by molar-refractivity contribution is 5.82. The molecule has 3 N–H and O–H groups in total. The van der Waals surface area contributed by atoms with E-state index in [1.807, 2.05) is 31.2 Å². The number of ether oxygens (including phenoxy) is 1. The average Bonchev–Trinajstić information content (AvgIpc) is 2.85. The van der Waals surface area contributed by atoms with Crippen LogP contribution in [0.4, 0.5) is 0 Å². The maximum atomic E-state index is 12.0. The number of amides is 1. The van der Waals surface area contributed by atoms with Crippen molar-refractivity contribution in [3.8, 4) is 5.75 Å². The van der Waals surface area contributed by atoms with E-state index in [0.29, 0.717) is 13.0 Å². The Bertz CT molecular complexity index is 450. The normalized spacial score (nSPS) is 23.9. The van der Waals surface area contributed by atoms with Crippen LogP contribution in [0.5, 0.6) is 5.75 Å². The van der Waals surface area contributed by atoms with Gasteiger partial charge in [0.25, 0.3) is 0 Å². The Hall–Kier alpha value is -1.59. The molecule has 0 aromatic heterocycles. The Morgan fingerprint density at radius 2 is 2.26 bits per heavy atom. The Balaban J connectivity index is 2.00. The molecule has 5 nitrogen and oxygen atoms in total. The minimum absolute atomic E-state index is 0.0880. The van der Waals surface area contributed by atoms with E-state index in [2.05, 4.69) is 10.6 Å². The number of carbonyl (C=O) groups is 1. The summed E-state index contributed by atoms with van der Waals surface area (Å²) in [6.07, 6.45) is 0.0297. The fraction of sp³-hybridized carbons (Fsp3) is 0.500. The van der Waals surface area contributed by atoms with Crippen LogP contribution in [-0.4, -0.2) is 36.8 Å². The Morgan fingerprint density at radius 1 is 1.53 bits per heavy atom. The molecule has 1 fully saturated rings. The van der Waals surface area contributed by atoms with Crippen LogP contribution < -0.4 is 15.4 Å². The van der Waals surface area contributed by atoms with Crippen LogP contribution in [0.3, 0.4) is 0 Å². The SMILES string of the molecule is COc1ccccc1[C@@H](C)NC(=O)C1CC(O)CN1. The Kier molecular flexibility index (Phi) is 4.39. The molecule has 1 heterocycles. The second-order valence-corrected chi connectivity index (χ2v) is 4.82. The van der Waals surface area contributed by atoms with E-state index in [1.54, 1.807) is 7.11 Å². The zero-order chi connectivity index (χ0) is 13.8. The number of β-amino-alcohol motifs (C(OH)–C–C–N with tert-alkyl or cyclic N) is 1. The highest BCUT2D eigenvalue weighted by Crippen LogP contribution is 2.24. The van der Waals surface area contributed by atoms with Gasteiger partial charge in [-0.1, -0.05) is 18.2 Å². The number of hydrogen-bond donors (Lipinski definition) is 3. The molecular formula is C14H20N2O3. The van der Waals surface area contributed by atoms with Crippen LogP contribution in [0, 0.1) is 0 Å². The van der Waals surface area contributed by atoms with Gasteiger partial charge in [0.1, 0.15) is 5.75 Å². The van der Waals surface area contributed by atoms with E-state index < -0.39 is 6.10 Å². The third kappa shape index (κ3) is 3.24. The third-order valence-electron chi connectivity index (χ3n) is 3.39. The predicted molar refractivity (Wildman–Crippen MR) is 72.0 cm³/mol. The number of methoxy groups -OCH3 is 1. The molecule has 1 amide bonds. The predicted octanol–water partition coefficient (Wildman–Crippen LogP) is 0.595. The van der Waals surface area contributed by atoms with Crippen molar-refractivity contribution in [3.63, 3.8) is 0 Å². The van der Waals surface area contributed by atoms with Crippen molar-refractivity contribution in [3.05, 3.63) is 29.8 Å². The lowest BCUT2D eigenvalue weighted by Crippen LogP contribution is -2.41. The summed E-state index contributed by atoms with van der Waals surface area (Å²) < 4.78 is 5.28. The molecule has 19 heavy (non-hydrogen) atoms. The van der Waals surface area contributed by atoms with Crippen LogP contribution in [-0.2, 0) is 4.79 Å². The fourth-order valence-corrected chi connectivity index (χ4v) is 2.33. The van der Waals surface area contributed by atoms with Gasteiger partial charge in [-0.25, -0.2) is 0 Å². The molecule has 104 valence electrons. The zero-order valence-electron chi connectivity index (χ0n) is 11.2. The van der Waals surface area contributed by atoms with Gasteiger partial charge in [0.15, 0.2) is 0 Å². The molecule has 1 aromatic rings. The smallest absolute Gasteiger partial charge is 0.237 e. The lowest BCUT2D eigenvalue weighted by Gasteiger charge is -2.19. The zero-order valence-corrected chi connectivity index (χ0v) is 11.2. The molecule has 1 saturated heterocycles. The summed E-state index contributed by atoms with van der Waals surface area (Å²) >= 11 is 0. The number of carbonyl (C=O) groups excluding carboxylic acids is 1. The maximum absolute atomic E-state index is 12.0. The van der Waals surface area contributed by atoms with Crippen molar-refractivity contribution in [1.29, 1.82) is 0 Å². The molecule has 1 aliphatic heterocycles. The van der Waals surface area contributed by atoms with Crippen LogP contribution in [0.15, 0.2) is 24.3 Å². The van der Waals surface area contributed by atoms with E-state index in [9.17, 15) is 9.90 Å². The molecule has 2 unspecified atom stereocenters. The molecule has 0 spiro atoms. The fourth-order valence-electron chi connectivity index (χ4n) is 2.33. The molecule has 0 radical (unpaired) electrons. The molecule has 5 heteroatoms. The molecule has 0 bridgehead atoms. The van der Waals surface area contributed by atoms with E-state index in [-0.39, 0.29) is 18.0 Å². The summed E-state index contributed by atoms with van der Waals surface area (Å²) in [7, 11) is 1.61.